The third kappa shape index (κ3) is 4.74. The van der Waals surface area contributed by atoms with Gasteiger partial charge in [-0.05, 0) is 19.1 Å². The number of aryl methyl sites for hydroxylation is 1. The van der Waals surface area contributed by atoms with E-state index >= 15 is 0 Å². The van der Waals surface area contributed by atoms with Crippen LogP contribution in [0.1, 0.15) is 5.76 Å². The van der Waals surface area contributed by atoms with Gasteiger partial charge in [-0.3, -0.25) is 9.69 Å². The quantitative estimate of drug-likeness (QED) is 0.789. The number of nitrogens with one attached hydrogen (secondary N) is 2. The molecule has 1 fully saturated rings. The number of hydrogen-bond donors (Lipinski definition) is 2. The zero-order valence-electron chi connectivity index (χ0n) is 13.4. The van der Waals surface area contributed by atoms with Crippen LogP contribution in [0.25, 0.3) is 0 Å². The second-order valence-corrected chi connectivity index (χ2v) is 5.59. The lowest BCUT2D eigenvalue weighted by molar-refractivity contribution is -0.119. The maximum Gasteiger partial charge on any atom is 0.239 e. The van der Waals surface area contributed by atoms with Crippen LogP contribution in [0.3, 0.4) is 0 Å². The number of carbonyl (C=O) groups excluding carboxylic acids is 1. The molecule has 1 atom stereocenters. The molecule has 0 aromatic carbocycles. The Labute approximate surface area is 139 Å². The van der Waals surface area contributed by atoms with Crippen LogP contribution in [0.4, 0.5) is 11.6 Å². The Morgan fingerprint density at radius 3 is 3.12 bits per heavy atom. The highest BCUT2D eigenvalue weighted by molar-refractivity contribution is 5.91. The Balaban J connectivity index is 1.44. The minimum Gasteiger partial charge on any atom is -0.374 e. The van der Waals surface area contributed by atoms with Crippen LogP contribution < -0.4 is 10.6 Å². The average Bonchev–Trinajstić information content (AvgIpc) is 2.99. The van der Waals surface area contributed by atoms with Gasteiger partial charge in [0.25, 0.3) is 0 Å². The lowest BCUT2D eigenvalue weighted by Gasteiger charge is -2.32. The zero-order valence-corrected chi connectivity index (χ0v) is 13.4. The third-order valence-corrected chi connectivity index (χ3v) is 3.57. The Bertz CT molecular complexity index is 662. The first-order chi connectivity index (χ1) is 11.7. The molecule has 1 aliphatic heterocycles. The summed E-state index contributed by atoms with van der Waals surface area (Å²) in [7, 11) is 0. The molecule has 0 spiro atoms. The molecule has 9 nitrogen and oxygen atoms in total. The number of rotatable bonds is 6. The van der Waals surface area contributed by atoms with Crippen molar-refractivity contribution in [1.82, 2.24) is 20.3 Å². The Kier molecular flexibility index (Phi) is 5.34. The lowest BCUT2D eigenvalue weighted by Crippen LogP contribution is -2.47. The Morgan fingerprint density at radius 1 is 1.46 bits per heavy atom. The van der Waals surface area contributed by atoms with Gasteiger partial charge in [-0.25, -0.2) is 0 Å². The molecule has 2 N–H and O–H groups in total. The molecule has 1 aliphatic rings. The smallest absolute Gasteiger partial charge is 0.239 e. The van der Waals surface area contributed by atoms with Crippen molar-refractivity contribution in [3.05, 3.63) is 30.2 Å². The van der Waals surface area contributed by atoms with Crippen molar-refractivity contribution in [3.63, 3.8) is 0 Å². The van der Waals surface area contributed by atoms with Crippen molar-refractivity contribution in [1.29, 1.82) is 0 Å². The van der Waals surface area contributed by atoms with E-state index in [1.165, 1.54) is 0 Å². The highest BCUT2D eigenvalue weighted by Gasteiger charge is 2.22. The lowest BCUT2D eigenvalue weighted by atomic mass is 10.2. The van der Waals surface area contributed by atoms with Gasteiger partial charge in [0.05, 0.1) is 19.3 Å². The molecule has 0 unspecified atom stereocenters. The van der Waals surface area contributed by atoms with Gasteiger partial charge in [-0.15, -0.1) is 5.10 Å². The van der Waals surface area contributed by atoms with Gasteiger partial charge < -0.3 is 19.9 Å². The van der Waals surface area contributed by atoms with Crippen LogP contribution in [-0.2, 0) is 9.53 Å². The zero-order chi connectivity index (χ0) is 16.8. The summed E-state index contributed by atoms with van der Waals surface area (Å²) in [6.07, 6.45) is 1.61. The van der Waals surface area contributed by atoms with E-state index in [-0.39, 0.29) is 18.6 Å². The summed E-state index contributed by atoms with van der Waals surface area (Å²) in [5.41, 5.74) is 0. The van der Waals surface area contributed by atoms with E-state index in [0.717, 1.165) is 0 Å². The maximum atomic E-state index is 12.1. The highest BCUT2D eigenvalue weighted by Crippen LogP contribution is 2.09. The van der Waals surface area contributed by atoms with Crippen LogP contribution in [0, 0.1) is 6.92 Å². The van der Waals surface area contributed by atoms with Crippen LogP contribution in [0.15, 0.2) is 28.9 Å². The van der Waals surface area contributed by atoms with E-state index in [0.29, 0.717) is 43.6 Å². The molecule has 1 amide bonds. The fourth-order valence-electron chi connectivity index (χ4n) is 2.47. The predicted octanol–water partition coefficient (Wildman–Crippen LogP) is 0.524. The molecule has 1 saturated heterocycles. The summed E-state index contributed by atoms with van der Waals surface area (Å²) in [5.74, 6) is 1.68. The van der Waals surface area contributed by atoms with Gasteiger partial charge >= 0.3 is 0 Å². The van der Waals surface area contributed by atoms with Crippen LogP contribution in [0.5, 0.6) is 0 Å². The monoisotopic (exact) mass is 332 g/mol. The maximum absolute atomic E-state index is 12.1. The molecule has 9 heteroatoms. The molecular weight excluding hydrogens is 312 g/mol. The molecule has 2 aromatic heterocycles. The van der Waals surface area contributed by atoms with Gasteiger partial charge in [-0.1, -0.05) is 5.16 Å². The molecule has 0 saturated carbocycles. The first kappa shape index (κ1) is 16.3. The third-order valence-electron chi connectivity index (χ3n) is 3.57. The minimum atomic E-state index is -0.120. The fourth-order valence-corrected chi connectivity index (χ4v) is 2.47. The molecule has 2 aromatic rings. The average molecular weight is 332 g/mol. The number of morpholine rings is 1. The van der Waals surface area contributed by atoms with Crippen molar-refractivity contribution in [2.45, 2.75) is 13.0 Å². The van der Waals surface area contributed by atoms with Gasteiger partial charge in [0, 0.05) is 31.9 Å². The number of carbonyl (C=O) groups is 1. The SMILES string of the molecule is Cc1cc(NC(=O)CN2CCO[C@@H](CNc3cccnn3)C2)no1. The summed E-state index contributed by atoms with van der Waals surface area (Å²) in [6, 6.07) is 5.35. The van der Waals surface area contributed by atoms with Crippen LogP contribution in [-0.4, -0.2) is 65.1 Å². The van der Waals surface area contributed by atoms with Gasteiger partial charge in [0.2, 0.25) is 5.91 Å². The standard InChI is InChI=1S/C15H20N6O3/c1-11-7-14(20-24-11)18-15(22)10-21-5-6-23-12(9-21)8-16-13-3-2-4-17-19-13/h2-4,7,12H,5-6,8-10H2,1H3,(H,16,19)(H,18,20,22)/t12-/m0/s1. The largest absolute Gasteiger partial charge is 0.374 e. The van der Waals surface area contributed by atoms with E-state index in [9.17, 15) is 4.79 Å². The van der Waals surface area contributed by atoms with Gasteiger partial charge in [0.1, 0.15) is 11.6 Å². The van der Waals surface area contributed by atoms with E-state index in [2.05, 4.69) is 30.9 Å². The number of ether oxygens (including phenoxy) is 1. The second kappa shape index (κ2) is 7.84. The molecule has 0 aliphatic carbocycles. The van der Waals surface area contributed by atoms with E-state index in [4.69, 9.17) is 9.26 Å². The Morgan fingerprint density at radius 2 is 2.38 bits per heavy atom. The van der Waals surface area contributed by atoms with Gasteiger partial charge in [-0.2, -0.15) is 5.10 Å². The molecular formula is C15H20N6O3. The highest BCUT2D eigenvalue weighted by atomic mass is 16.5. The number of nitrogens with zero attached hydrogens (tertiary/aromatic N) is 4. The predicted molar refractivity (Wildman–Crippen MR) is 86.6 cm³/mol. The molecule has 128 valence electrons. The fraction of sp³-hybridized carbons (Fsp3) is 0.467. The van der Waals surface area contributed by atoms with Crippen molar-refractivity contribution in [2.24, 2.45) is 0 Å². The summed E-state index contributed by atoms with van der Waals surface area (Å²) in [6.45, 7) is 4.64. The number of hydrogen-bond acceptors (Lipinski definition) is 8. The second-order valence-electron chi connectivity index (χ2n) is 5.59. The summed E-state index contributed by atoms with van der Waals surface area (Å²) >= 11 is 0. The summed E-state index contributed by atoms with van der Waals surface area (Å²) in [4.78, 5) is 14.1. The van der Waals surface area contributed by atoms with E-state index in [1.807, 2.05) is 12.1 Å². The molecule has 24 heavy (non-hydrogen) atoms. The van der Waals surface area contributed by atoms with Crippen LogP contribution in [0.2, 0.25) is 0 Å². The molecule has 3 heterocycles. The topological polar surface area (TPSA) is 105 Å². The number of aromatic nitrogens is 3. The van der Waals surface area contributed by atoms with Crippen molar-refractivity contribution >= 4 is 17.5 Å². The van der Waals surface area contributed by atoms with E-state index < -0.39 is 0 Å². The number of amides is 1. The van der Waals surface area contributed by atoms with Crippen LogP contribution >= 0.6 is 0 Å². The number of anilines is 2. The first-order valence-electron chi connectivity index (χ1n) is 7.78. The summed E-state index contributed by atoms with van der Waals surface area (Å²) < 4.78 is 10.7. The van der Waals surface area contributed by atoms with Crippen molar-refractivity contribution in [3.8, 4) is 0 Å². The van der Waals surface area contributed by atoms with E-state index in [1.54, 1.807) is 19.2 Å². The minimum absolute atomic E-state index is 0.0112. The Hall–Kier alpha value is -2.52. The van der Waals surface area contributed by atoms with Crippen molar-refractivity contribution in [2.75, 3.05) is 43.4 Å². The summed E-state index contributed by atoms with van der Waals surface area (Å²) in [5, 5.41) is 17.4. The molecule has 0 radical (unpaired) electrons. The normalized spacial score (nSPS) is 18.3. The first-order valence-corrected chi connectivity index (χ1v) is 7.78. The molecule has 0 bridgehead atoms. The molecule has 3 rings (SSSR count). The van der Waals surface area contributed by atoms with Gasteiger partial charge in [0.15, 0.2) is 5.82 Å². The van der Waals surface area contributed by atoms with Crippen molar-refractivity contribution < 1.29 is 14.1 Å².